The summed E-state index contributed by atoms with van der Waals surface area (Å²) in [5.41, 5.74) is 1.01. The minimum Gasteiger partial charge on any atom is -0.370 e. The molecule has 2 aromatic heterocycles. The quantitative estimate of drug-likeness (QED) is 0.885. The smallest absolute Gasteiger partial charge is 0.164 e. The molecule has 114 valence electrons. The highest BCUT2D eigenvalue weighted by Gasteiger charge is 2.15. The Morgan fingerprint density at radius 3 is 2.33 bits per heavy atom. The summed E-state index contributed by atoms with van der Waals surface area (Å²) in [6.45, 7) is 11.0. The monoisotopic (exact) mass is 288 g/mol. The number of aryl methyl sites for hydroxylation is 3. The topological polar surface area (TPSA) is 68.5 Å². The van der Waals surface area contributed by atoms with Crippen LogP contribution >= 0.6 is 0 Å². The van der Waals surface area contributed by atoms with Crippen molar-refractivity contribution in [2.75, 3.05) is 11.9 Å². The zero-order valence-electron chi connectivity index (χ0n) is 13.6. The third-order valence-corrected chi connectivity index (χ3v) is 3.26. The van der Waals surface area contributed by atoms with Crippen molar-refractivity contribution in [1.82, 2.24) is 24.7 Å². The summed E-state index contributed by atoms with van der Waals surface area (Å²) in [6.07, 6.45) is 2.94. The number of hydrogen-bond acceptors (Lipinski definition) is 5. The predicted molar refractivity (Wildman–Crippen MR) is 83.9 cm³/mol. The van der Waals surface area contributed by atoms with Crippen LogP contribution in [0.25, 0.3) is 5.82 Å². The average Bonchev–Trinajstić information content (AvgIpc) is 2.78. The molecule has 0 fully saturated rings. The van der Waals surface area contributed by atoms with Crippen LogP contribution in [0.1, 0.15) is 49.7 Å². The van der Waals surface area contributed by atoms with E-state index in [0.717, 1.165) is 60.5 Å². The van der Waals surface area contributed by atoms with Crippen molar-refractivity contribution < 1.29 is 0 Å². The molecule has 0 saturated carbocycles. The van der Waals surface area contributed by atoms with Crippen LogP contribution in [-0.2, 0) is 6.42 Å². The first-order chi connectivity index (χ1) is 10.1. The van der Waals surface area contributed by atoms with Crippen molar-refractivity contribution in [1.29, 1.82) is 0 Å². The summed E-state index contributed by atoms with van der Waals surface area (Å²) in [7, 11) is 0. The van der Waals surface area contributed by atoms with Gasteiger partial charge in [-0.2, -0.15) is 4.68 Å². The fraction of sp³-hybridized carbons (Fsp3) is 0.600. The first-order valence-corrected chi connectivity index (χ1v) is 7.58. The van der Waals surface area contributed by atoms with Crippen LogP contribution in [0, 0.1) is 20.8 Å². The Morgan fingerprint density at radius 2 is 1.76 bits per heavy atom. The summed E-state index contributed by atoms with van der Waals surface area (Å²) in [5, 5.41) is 7.84. The van der Waals surface area contributed by atoms with Gasteiger partial charge in [0, 0.05) is 18.5 Å². The number of nitrogens with one attached hydrogen (secondary N) is 1. The van der Waals surface area contributed by atoms with E-state index in [1.165, 1.54) is 0 Å². The van der Waals surface area contributed by atoms with Gasteiger partial charge in [0.25, 0.3) is 0 Å². The van der Waals surface area contributed by atoms with Crippen LogP contribution in [0.15, 0.2) is 0 Å². The Kier molecular flexibility index (Phi) is 4.88. The van der Waals surface area contributed by atoms with E-state index in [0.29, 0.717) is 0 Å². The lowest BCUT2D eigenvalue weighted by Gasteiger charge is -2.14. The first-order valence-electron chi connectivity index (χ1n) is 7.58. The molecule has 0 unspecified atom stereocenters. The molecule has 21 heavy (non-hydrogen) atoms. The predicted octanol–water partition coefficient (Wildman–Crippen LogP) is 2.76. The van der Waals surface area contributed by atoms with E-state index >= 15 is 0 Å². The van der Waals surface area contributed by atoms with E-state index in [2.05, 4.69) is 39.2 Å². The van der Waals surface area contributed by atoms with Crippen molar-refractivity contribution in [3.63, 3.8) is 0 Å². The Balaban J connectivity index is 2.52. The number of rotatable bonds is 6. The molecule has 2 rings (SSSR count). The SMILES string of the molecule is CCCNc1nc(CCC)nc(-n2nc(C)nc2C)c1C. The molecule has 2 aromatic rings. The number of anilines is 1. The fourth-order valence-electron chi connectivity index (χ4n) is 2.23. The van der Waals surface area contributed by atoms with Gasteiger partial charge in [0.1, 0.15) is 23.3 Å². The maximum Gasteiger partial charge on any atom is 0.164 e. The summed E-state index contributed by atoms with van der Waals surface area (Å²) in [5.74, 6) is 4.18. The highest BCUT2D eigenvalue weighted by Crippen LogP contribution is 2.20. The molecule has 6 heteroatoms. The van der Waals surface area contributed by atoms with Crippen LogP contribution < -0.4 is 5.32 Å². The van der Waals surface area contributed by atoms with E-state index < -0.39 is 0 Å². The molecule has 0 aliphatic heterocycles. The zero-order chi connectivity index (χ0) is 15.4. The second-order valence-electron chi connectivity index (χ2n) is 5.23. The lowest BCUT2D eigenvalue weighted by Crippen LogP contribution is -2.13. The van der Waals surface area contributed by atoms with Gasteiger partial charge in [0.2, 0.25) is 0 Å². The van der Waals surface area contributed by atoms with E-state index in [9.17, 15) is 0 Å². The Labute approximate surface area is 126 Å². The van der Waals surface area contributed by atoms with Crippen LogP contribution in [-0.4, -0.2) is 31.3 Å². The van der Waals surface area contributed by atoms with Crippen LogP contribution in [0.5, 0.6) is 0 Å². The van der Waals surface area contributed by atoms with Crippen molar-refractivity contribution in [2.24, 2.45) is 0 Å². The fourth-order valence-corrected chi connectivity index (χ4v) is 2.23. The second-order valence-corrected chi connectivity index (χ2v) is 5.23. The van der Waals surface area contributed by atoms with Crippen molar-refractivity contribution in [3.05, 3.63) is 23.0 Å². The van der Waals surface area contributed by atoms with Crippen LogP contribution in [0.3, 0.4) is 0 Å². The average molecular weight is 288 g/mol. The van der Waals surface area contributed by atoms with Crippen molar-refractivity contribution >= 4 is 5.82 Å². The largest absolute Gasteiger partial charge is 0.370 e. The number of nitrogens with zero attached hydrogens (tertiary/aromatic N) is 5. The summed E-state index contributed by atoms with van der Waals surface area (Å²) >= 11 is 0. The van der Waals surface area contributed by atoms with Gasteiger partial charge >= 0.3 is 0 Å². The lowest BCUT2D eigenvalue weighted by molar-refractivity contribution is 0.756. The molecule has 0 bridgehead atoms. The summed E-state index contributed by atoms with van der Waals surface area (Å²) in [4.78, 5) is 13.7. The van der Waals surface area contributed by atoms with Gasteiger partial charge in [-0.05, 0) is 33.6 Å². The number of hydrogen-bond donors (Lipinski definition) is 1. The molecule has 6 nitrogen and oxygen atoms in total. The van der Waals surface area contributed by atoms with E-state index in [4.69, 9.17) is 0 Å². The Morgan fingerprint density at radius 1 is 1.00 bits per heavy atom. The van der Waals surface area contributed by atoms with Gasteiger partial charge in [0.15, 0.2) is 5.82 Å². The minimum atomic E-state index is 0.755. The third-order valence-electron chi connectivity index (χ3n) is 3.26. The maximum atomic E-state index is 4.68. The highest BCUT2D eigenvalue weighted by atomic mass is 15.4. The first kappa shape index (κ1) is 15.4. The van der Waals surface area contributed by atoms with E-state index in [1.807, 2.05) is 25.5 Å². The molecule has 1 N–H and O–H groups in total. The van der Waals surface area contributed by atoms with Gasteiger partial charge in [-0.15, -0.1) is 5.10 Å². The molecule has 0 amide bonds. The van der Waals surface area contributed by atoms with Crippen LogP contribution in [0.2, 0.25) is 0 Å². The maximum absolute atomic E-state index is 4.68. The van der Waals surface area contributed by atoms with Crippen molar-refractivity contribution in [2.45, 2.75) is 53.9 Å². The second kappa shape index (κ2) is 6.65. The third kappa shape index (κ3) is 3.37. The molecule has 0 aliphatic carbocycles. The molecular weight excluding hydrogens is 264 g/mol. The van der Waals surface area contributed by atoms with Crippen molar-refractivity contribution in [3.8, 4) is 5.82 Å². The molecule has 0 spiro atoms. The molecular formula is C15H24N6. The van der Waals surface area contributed by atoms with E-state index in [1.54, 1.807) is 0 Å². The summed E-state index contributed by atoms with van der Waals surface area (Å²) in [6, 6.07) is 0. The Bertz CT molecular complexity index is 617. The molecule has 0 aromatic carbocycles. The number of aromatic nitrogens is 5. The minimum absolute atomic E-state index is 0.755. The highest BCUT2D eigenvalue weighted by molar-refractivity contribution is 5.51. The molecule has 0 radical (unpaired) electrons. The van der Waals surface area contributed by atoms with Crippen LogP contribution in [0.4, 0.5) is 5.82 Å². The van der Waals surface area contributed by atoms with E-state index in [-0.39, 0.29) is 0 Å². The molecule has 0 aliphatic rings. The Hall–Kier alpha value is -1.98. The van der Waals surface area contributed by atoms with Gasteiger partial charge in [-0.3, -0.25) is 0 Å². The normalized spacial score (nSPS) is 10.9. The van der Waals surface area contributed by atoms with Gasteiger partial charge in [-0.1, -0.05) is 13.8 Å². The lowest BCUT2D eigenvalue weighted by atomic mass is 10.2. The summed E-state index contributed by atoms with van der Waals surface area (Å²) < 4.78 is 1.81. The molecule has 2 heterocycles. The zero-order valence-corrected chi connectivity index (χ0v) is 13.6. The molecule has 0 atom stereocenters. The molecule has 0 saturated heterocycles. The van der Waals surface area contributed by atoms with Gasteiger partial charge in [-0.25, -0.2) is 15.0 Å². The van der Waals surface area contributed by atoms with Gasteiger partial charge < -0.3 is 5.32 Å². The standard InChI is InChI=1S/C15H24N6/c1-6-8-13-18-14(16-9-7-2)10(3)15(19-13)21-12(5)17-11(4)20-21/h6-9H2,1-5H3,(H,16,18,19). The van der Waals surface area contributed by atoms with Gasteiger partial charge in [0.05, 0.1) is 0 Å².